The fraction of sp³-hybridized carbons (Fsp3) is 0.522. The Kier molecular flexibility index (Phi) is 11.8. The van der Waals surface area contributed by atoms with Crippen molar-refractivity contribution in [1.29, 1.82) is 0 Å². The first-order valence-electron chi connectivity index (χ1n) is 21.5. The van der Waals surface area contributed by atoms with Crippen LogP contribution in [0.5, 0.6) is 0 Å². The number of rotatable bonds is 14. The molecule has 12 unspecified atom stereocenters. The number of amides is 4. The van der Waals surface area contributed by atoms with Gasteiger partial charge in [0.25, 0.3) is 0 Å². The number of aromatic amines is 2. The largest absolute Gasteiger partial charge is 0.458 e. The van der Waals surface area contributed by atoms with E-state index >= 15 is 0 Å². The average molecular weight is 836 g/mol. The molecule has 8 rings (SSSR count). The van der Waals surface area contributed by atoms with Gasteiger partial charge in [-0.1, -0.05) is 36.4 Å². The molecule has 0 spiro atoms. The molecule has 15 nitrogen and oxygen atoms in total. The van der Waals surface area contributed by atoms with E-state index in [2.05, 4.69) is 25.9 Å². The summed E-state index contributed by atoms with van der Waals surface area (Å²) in [7, 11) is 7.68. The molecule has 324 valence electrons. The molecule has 61 heavy (non-hydrogen) atoms. The lowest BCUT2D eigenvalue weighted by atomic mass is 9.75. The van der Waals surface area contributed by atoms with Gasteiger partial charge in [-0.25, -0.2) is 9.59 Å². The maximum absolute atomic E-state index is 14.6. The van der Waals surface area contributed by atoms with Crippen LogP contribution in [0.25, 0.3) is 21.8 Å². The molecular weight excluding hydrogens is 779 g/mol. The van der Waals surface area contributed by atoms with Crippen LogP contribution >= 0.6 is 0 Å². The molecule has 12 atom stereocenters. The number of aromatic nitrogens is 2. The number of H-pyrrole nitrogens is 2. The number of nitrogens with one attached hydrogen (secondary N) is 5. The molecular formula is C46H57N7O8. The minimum absolute atomic E-state index is 0.0286. The minimum Gasteiger partial charge on any atom is -0.458 e. The van der Waals surface area contributed by atoms with Gasteiger partial charge in [0.15, 0.2) is 0 Å². The van der Waals surface area contributed by atoms with Gasteiger partial charge in [0.05, 0.1) is 34.8 Å². The zero-order valence-corrected chi connectivity index (χ0v) is 35.6. The predicted octanol–water partition coefficient (Wildman–Crippen LogP) is 3.72. The van der Waals surface area contributed by atoms with E-state index in [0.29, 0.717) is 60.7 Å². The third-order valence-corrected chi connectivity index (χ3v) is 14.4. The number of carbonyl (C=O) groups excluding carboxylic acids is 6. The van der Waals surface area contributed by atoms with Crippen LogP contribution in [0.3, 0.4) is 0 Å². The van der Waals surface area contributed by atoms with Gasteiger partial charge in [-0.15, -0.1) is 0 Å². The van der Waals surface area contributed by atoms with Gasteiger partial charge >= 0.3 is 11.9 Å². The van der Waals surface area contributed by atoms with E-state index in [4.69, 9.17) is 9.47 Å². The highest BCUT2D eigenvalue weighted by atomic mass is 16.5. The lowest BCUT2D eigenvalue weighted by molar-refractivity contribution is -0.147. The molecule has 4 aromatic rings. The van der Waals surface area contributed by atoms with Crippen molar-refractivity contribution >= 4 is 57.4 Å². The molecule has 5 N–H and O–H groups in total. The first-order valence-corrected chi connectivity index (χ1v) is 21.5. The number of ether oxygens (including phenoxy) is 2. The standard InChI is InChI=1S/C46H57N7O8/c1-23(52(3)4)19-49-41(54)37-25-15-29(35(17-25)60-45(58)31-21-47-33-13-9-7-11-27(31)33)39(37)43(56)51-44(57)40-30-16-26(38(40)42(55)50-20-24(2)53(5)6)18-36(30)61-46(59)32-22-48-34-14-10-8-12-28(32)34/h7-14,21-26,29-30,35-40,47-48H,15-20H2,1-6H3,(H,49,54)(H,50,55)(H,51,56,57). The molecule has 0 saturated heterocycles. The summed E-state index contributed by atoms with van der Waals surface area (Å²) in [5.41, 5.74) is 2.33. The summed E-state index contributed by atoms with van der Waals surface area (Å²) in [5, 5.41) is 10.2. The quantitative estimate of drug-likeness (QED) is 0.0924. The number of nitrogens with zero attached hydrogens (tertiary/aromatic N) is 2. The monoisotopic (exact) mass is 835 g/mol. The van der Waals surface area contributed by atoms with E-state index < -0.39 is 71.5 Å². The van der Waals surface area contributed by atoms with Gasteiger partial charge in [0, 0.05) is 71.2 Å². The molecule has 0 radical (unpaired) electrons. The van der Waals surface area contributed by atoms with Crippen molar-refractivity contribution in [1.82, 2.24) is 35.7 Å². The maximum atomic E-state index is 14.6. The van der Waals surface area contributed by atoms with Crippen molar-refractivity contribution in [3.8, 4) is 0 Å². The molecule has 15 heteroatoms. The number of likely N-dealkylation sites (N-methyl/N-ethyl adjacent to an activating group) is 2. The number of hydrogen-bond acceptors (Lipinski definition) is 10. The molecule has 4 bridgehead atoms. The van der Waals surface area contributed by atoms with Crippen molar-refractivity contribution in [2.24, 2.45) is 47.3 Å². The van der Waals surface area contributed by atoms with Crippen LogP contribution in [0.15, 0.2) is 60.9 Å². The third-order valence-electron chi connectivity index (χ3n) is 14.4. The number of benzene rings is 2. The van der Waals surface area contributed by atoms with Crippen molar-refractivity contribution in [2.75, 3.05) is 41.3 Å². The minimum atomic E-state index is -0.972. The molecule has 2 aromatic heterocycles. The summed E-state index contributed by atoms with van der Waals surface area (Å²) < 4.78 is 12.3. The van der Waals surface area contributed by atoms with Crippen LogP contribution in [-0.4, -0.2) is 121 Å². The summed E-state index contributed by atoms with van der Waals surface area (Å²) in [4.78, 5) is 94.8. The normalized spacial score (nSPS) is 28.6. The summed E-state index contributed by atoms with van der Waals surface area (Å²) in [6, 6.07) is 14.9. The van der Waals surface area contributed by atoms with Crippen LogP contribution in [-0.2, 0) is 28.7 Å². The molecule has 2 heterocycles. The van der Waals surface area contributed by atoms with Gasteiger partial charge in [0.1, 0.15) is 12.2 Å². The van der Waals surface area contributed by atoms with E-state index in [-0.39, 0.29) is 35.7 Å². The number of esters is 2. The third kappa shape index (κ3) is 8.05. The van der Waals surface area contributed by atoms with Crippen molar-refractivity contribution in [2.45, 2.75) is 63.8 Å². The second-order valence-electron chi connectivity index (χ2n) is 18.2. The summed E-state index contributed by atoms with van der Waals surface area (Å²) in [5.74, 6) is -7.94. The summed E-state index contributed by atoms with van der Waals surface area (Å²) in [6.07, 6.45) is 3.65. The van der Waals surface area contributed by atoms with Crippen molar-refractivity contribution in [3.05, 3.63) is 72.1 Å². The van der Waals surface area contributed by atoms with Crippen molar-refractivity contribution < 1.29 is 38.2 Å². The highest BCUT2D eigenvalue weighted by molar-refractivity contribution is 6.05. The Morgan fingerprint density at radius 2 is 0.984 bits per heavy atom. The Labute approximate surface area is 355 Å². The fourth-order valence-electron chi connectivity index (χ4n) is 10.6. The van der Waals surface area contributed by atoms with Crippen molar-refractivity contribution in [3.63, 3.8) is 0 Å². The lowest BCUT2D eigenvalue weighted by Gasteiger charge is -2.36. The smallest absolute Gasteiger partial charge is 0.340 e. The molecule has 2 aromatic carbocycles. The van der Waals surface area contributed by atoms with Gasteiger partial charge in [-0.05, 0) is 91.7 Å². The molecule has 4 saturated carbocycles. The average Bonchev–Trinajstić information content (AvgIpc) is 4.10. The lowest BCUT2D eigenvalue weighted by Crippen LogP contribution is -2.54. The molecule has 4 amide bonds. The first kappa shape index (κ1) is 42.2. The Bertz CT molecular complexity index is 2180. The second-order valence-corrected chi connectivity index (χ2v) is 18.2. The summed E-state index contributed by atoms with van der Waals surface area (Å²) in [6.45, 7) is 4.69. The maximum Gasteiger partial charge on any atom is 0.340 e. The fourth-order valence-corrected chi connectivity index (χ4v) is 10.6. The topological polar surface area (TPSA) is 195 Å². The number of hydrogen-bond donors (Lipinski definition) is 5. The van der Waals surface area contributed by atoms with Gasteiger partial charge in [-0.2, -0.15) is 0 Å². The number of imide groups is 1. The Morgan fingerprint density at radius 3 is 1.38 bits per heavy atom. The number of para-hydroxylation sites is 2. The van der Waals surface area contributed by atoms with Crippen LogP contribution in [0.1, 0.15) is 60.2 Å². The summed E-state index contributed by atoms with van der Waals surface area (Å²) >= 11 is 0. The van der Waals surface area contributed by atoms with E-state index in [0.717, 1.165) is 11.0 Å². The molecule has 4 fully saturated rings. The van der Waals surface area contributed by atoms with E-state index in [9.17, 15) is 28.8 Å². The first-order chi connectivity index (χ1) is 29.2. The van der Waals surface area contributed by atoms with Crippen LogP contribution in [0, 0.1) is 47.3 Å². The zero-order chi connectivity index (χ0) is 43.3. The predicted molar refractivity (Wildman–Crippen MR) is 227 cm³/mol. The van der Waals surface area contributed by atoms with Crippen LogP contribution < -0.4 is 16.0 Å². The highest BCUT2D eigenvalue weighted by Gasteiger charge is 2.62. The zero-order valence-electron chi connectivity index (χ0n) is 35.6. The van der Waals surface area contributed by atoms with E-state index in [1.807, 2.05) is 100 Å². The van der Waals surface area contributed by atoms with Gasteiger partial charge in [0.2, 0.25) is 23.6 Å². The Balaban J connectivity index is 1.03. The van der Waals surface area contributed by atoms with E-state index in [1.54, 1.807) is 12.4 Å². The second kappa shape index (κ2) is 17.1. The van der Waals surface area contributed by atoms with Gasteiger partial charge in [-0.3, -0.25) is 24.5 Å². The SMILES string of the molecule is CC(CNC(=O)C1C2CC(OC(=O)c3c[nH]c4ccccc34)C(C2)C1C(=O)NC(=O)C1C2CC(CC2OC(=O)c2c[nH]c3ccccc23)C1C(=O)NCC(C)N(C)C)N(C)C. The Hall–Kier alpha value is -5.54. The van der Waals surface area contributed by atoms with E-state index in [1.165, 1.54) is 0 Å². The molecule has 0 aliphatic heterocycles. The van der Waals surface area contributed by atoms with Gasteiger partial charge < -0.3 is 39.9 Å². The number of carbonyl (C=O) groups is 6. The van der Waals surface area contributed by atoms with Crippen LogP contribution in [0.2, 0.25) is 0 Å². The highest BCUT2D eigenvalue weighted by Crippen LogP contribution is 2.56. The molecule has 4 aliphatic rings. The Morgan fingerprint density at radius 1 is 0.590 bits per heavy atom. The number of fused-ring (bicyclic) bond motifs is 6. The van der Waals surface area contributed by atoms with Crippen LogP contribution in [0.4, 0.5) is 0 Å². The molecule has 4 aliphatic carbocycles.